The van der Waals surface area contributed by atoms with Crippen molar-refractivity contribution >= 4 is 6.08 Å². The third kappa shape index (κ3) is 1.66. The Kier molecular flexibility index (Phi) is 2.88. The van der Waals surface area contributed by atoms with Gasteiger partial charge in [0.05, 0.1) is 0 Å². The van der Waals surface area contributed by atoms with Crippen LogP contribution in [0.25, 0.3) is 6.08 Å². The molecule has 0 aromatic heterocycles. The van der Waals surface area contributed by atoms with Crippen LogP contribution < -0.4 is 5.32 Å². The lowest BCUT2D eigenvalue weighted by Crippen LogP contribution is -2.06. The van der Waals surface area contributed by atoms with Gasteiger partial charge in [-0.25, -0.2) is 0 Å². The molecule has 1 aromatic rings. The van der Waals surface area contributed by atoms with E-state index in [9.17, 15) is 5.11 Å². The molecular weight excluding hydrogens is 150 g/mol. The fourth-order valence-corrected chi connectivity index (χ4v) is 1.18. The molecule has 0 unspecified atom stereocenters. The Morgan fingerprint density at radius 2 is 2.33 bits per heavy atom. The molecule has 0 atom stereocenters. The number of rotatable bonds is 3. The number of phenolic OH excluding ortho intramolecular Hbond substituents is 1. The van der Waals surface area contributed by atoms with Crippen LogP contribution in [-0.2, 0) is 6.54 Å². The molecule has 1 aromatic carbocycles. The molecule has 0 spiro atoms. The molecular formula is C10H13NO. The molecule has 64 valence electrons. The predicted molar refractivity (Wildman–Crippen MR) is 51.0 cm³/mol. The van der Waals surface area contributed by atoms with Crippen molar-refractivity contribution in [1.82, 2.24) is 5.32 Å². The molecule has 1 rings (SSSR count). The first kappa shape index (κ1) is 8.81. The van der Waals surface area contributed by atoms with Gasteiger partial charge in [-0.05, 0) is 18.7 Å². The van der Waals surface area contributed by atoms with Crippen molar-refractivity contribution in [3.63, 3.8) is 0 Å². The van der Waals surface area contributed by atoms with Crippen molar-refractivity contribution in [1.29, 1.82) is 0 Å². The first-order valence-electron chi connectivity index (χ1n) is 3.87. The topological polar surface area (TPSA) is 32.3 Å². The van der Waals surface area contributed by atoms with Gasteiger partial charge in [0, 0.05) is 12.1 Å². The highest BCUT2D eigenvalue weighted by Crippen LogP contribution is 2.21. The molecule has 0 bridgehead atoms. The van der Waals surface area contributed by atoms with Crippen molar-refractivity contribution in [2.75, 3.05) is 7.05 Å². The number of hydrogen-bond donors (Lipinski definition) is 2. The summed E-state index contributed by atoms with van der Waals surface area (Å²) in [6.07, 6.45) is 1.67. The van der Waals surface area contributed by atoms with Gasteiger partial charge < -0.3 is 10.4 Å². The van der Waals surface area contributed by atoms with Crippen LogP contribution in [0.2, 0.25) is 0 Å². The van der Waals surface area contributed by atoms with Gasteiger partial charge in [0.25, 0.3) is 0 Å². The minimum atomic E-state index is 0.290. The van der Waals surface area contributed by atoms with Crippen LogP contribution in [0.5, 0.6) is 5.75 Å². The third-order valence-corrected chi connectivity index (χ3v) is 1.74. The van der Waals surface area contributed by atoms with Gasteiger partial charge in [0.1, 0.15) is 5.75 Å². The maximum absolute atomic E-state index is 9.42. The van der Waals surface area contributed by atoms with Crippen molar-refractivity contribution in [2.45, 2.75) is 6.54 Å². The number of benzene rings is 1. The first-order chi connectivity index (χ1) is 5.79. The Labute approximate surface area is 72.5 Å². The maximum Gasteiger partial charge on any atom is 0.123 e. The van der Waals surface area contributed by atoms with Crippen molar-refractivity contribution in [3.05, 3.63) is 35.9 Å². The van der Waals surface area contributed by atoms with E-state index in [0.717, 1.165) is 17.7 Å². The number of hydrogen-bond acceptors (Lipinski definition) is 2. The fourth-order valence-electron chi connectivity index (χ4n) is 1.18. The van der Waals surface area contributed by atoms with Crippen LogP contribution >= 0.6 is 0 Å². The molecule has 0 radical (unpaired) electrons. The molecule has 0 heterocycles. The molecule has 0 amide bonds. The Balaban J connectivity index is 3.09. The van der Waals surface area contributed by atoms with E-state index in [0.29, 0.717) is 0 Å². The largest absolute Gasteiger partial charge is 0.507 e. The van der Waals surface area contributed by atoms with E-state index in [4.69, 9.17) is 0 Å². The minimum absolute atomic E-state index is 0.290. The summed E-state index contributed by atoms with van der Waals surface area (Å²) in [5.74, 6) is 0.290. The summed E-state index contributed by atoms with van der Waals surface area (Å²) >= 11 is 0. The minimum Gasteiger partial charge on any atom is -0.507 e. The van der Waals surface area contributed by atoms with E-state index in [1.165, 1.54) is 0 Å². The normalized spacial score (nSPS) is 9.75. The van der Waals surface area contributed by atoms with E-state index in [1.54, 1.807) is 12.1 Å². The van der Waals surface area contributed by atoms with Crippen LogP contribution in [0.3, 0.4) is 0 Å². The average Bonchev–Trinajstić information content (AvgIpc) is 2.05. The Bertz CT molecular complexity index is 281. The summed E-state index contributed by atoms with van der Waals surface area (Å²) in [6.45, 7) is 4.39. The zero-order valence-corrected chi connectivity index (χ0v) is 7.17. The van der Waals surface area contributed by atoms with E-state index in [2.05, 4.69) is 11.9 Å². The van der Waals surface area contributed by atoms with Crippen molar-refractivity contribution < 1.29 is 5.11 Å². The summed E-state index contributed by atoms with van der Waals surface area (Å²) in [6, 6.07) is 5.46. The molecule has 2 nitrogen and oxygen atoms in total. The average molecular weight is 163 g/mol. The Morgan fingerprint density at radius 3 is 2.92 bits per heavy atom. The smallest absolute Gasteiger partial charge is 0.123 e. The highest BCUT2D eigenvalue weighted by Gasteiger charge is 2.01. The highest BCUT2D eigenvalue weighted by atomic mass is 16.3. The van der Waals surface area contributed by atoms with Gasteiger partial charge in [0.2, 0.25) is 0 Å². The van der Waals surface area contributed by atoms with Gasteiger partial charge in [0.15, 0.2) is 0 Å². The standard InChI is InChI=1S/C10H13NO/c1-3-9-8(7-11-2)5-4-6-10(9)12/h3-6,11-12H,1,7H2,2H3. The second-order valence-corrected chi connectivity index (χ2v) is 2.58. The summed E-state index contributed by atoms with van der Waals surface area (Å²) < 4.78 is 0. The number of phenols is 1. The molecule has 0 aliphatic rings. The second-order valence-electron chi connectivity index (χ2n) is 2.58. The molecule has 2 heteroatoms. The molecule has 0 aliphatic heterocycles. The fraction of sp³-hybridized carbons (Fsp3) is 0.200. The molecule has 2 N–H and O–H groups in total. The third-order valence-electron chi connectivity index (χ3n) is 1.74. The number of nitrogens with one attached hydrogen (secondary N) is 1. The van der Waals surface area contributed by atoms with Crippen LogP contribution in [0.15, 0.2) is 24.8 Å². The zero-order chi connectivity index (χ0) is 8.97. The van der Waals surface area contributed by atoms with E-state index in [1.807, 2.05) is 19.2 Å². The second kappa shape index (κ2) is 3.93. The number of aromatic hydroxyl groups is 1. The quantitative estimate of drug-likeness (QED) is 0.711. The SMILES string of the molecule is C=Cc1c(O)cccc1CNC. The molecule has 12 heavy (non-hydrogen) atoms. The van der Waals surface area contributed by atoms with Crippen molar-refractivity contribution in [3.8, 4) is 5.75 Å². The predicted octanol–water partition coefficient (Wildman–Crippen LogP) is 1.75. The summed E-state index contributed by atoms with van der Waals surface area (Å²) in [5, 5.41) is 12.4. The van der Waals surface area contributed by atoms with Crippen molar-refractivity contribution in [2.24, 2.45) is 0 Å². The van der Waals surface area contributed by atoms with Gasteiger partial charge in [-0.2, -0.15) is 0 Å². The summed E-state index contributed by atoms with van der Waals surface area (Å²) in [5.41, 5.74) is 1.87. The van der Waals surface area contributed by atoms with E-state index in [-0.39, 0.29) is 5.75 Å². The lowest BCUT2D eigenvalue weighted by atomic mass is 10.1. The van der Waals surface area contributed by atoms with Crippen LogP contribution in [-0.4, -0.2) is 12.2 Å². The summed E-state index contributed by atoms with van der Waals surface area (Å²) in [7, 11) is 1.87. The molecule has 0 aliphatic carbocycles. The Hall–Kier alpha value is -1.28. The first-order valence-corrected chi connectivity index (χ1v) is 3.87. The monoisotopic (exact) mass is 163 g/mol. The van der Waals surface area contributed by atoms with E-state index < -0.39 is 0 Å². The lowest BCUT2D eigenvalue weighted by Gasteiger charge is -2.06. The zero-order valence-electron chi connectivity index (χ0n) is 7.17. The molecule has 0 saturated carbocycles. The van der Waals surface area contributed by atoms with Crippen LogP contribution in [0.4, 0.5) is 0 Å². The Morgan fingerprint density at radius 1 is 1.58 bits per heavy atom. The lowest BCUT2D eigenvalue weighted by molar-refractivity contribution is 0.473. The van der Waals surface area contributed by atoms with E-state index >= 15 is 0 Å². The van der Waals surface area contributed by atoms with Gasteiger partial charge in [-0.1, -0.05) is 24.8 Å². The maximum atomic E-state index is 9.42. The van der Waals surface area contributed by atoms with Gasteiger partial charge >= 0.3 is 0 Å². The molecule has 0 fully saturated rings. The van der Waals surface area contributed by atoms with Gasteiger partial charge in [-0.3, -0.25) is 0 Å². The molecule has 0 saturated heterocycles. The van der Waals surface area contributed by atoms with Gasteiger partial charge in [-0.15, -0.1) is 0 Å². The van der Waals surface area contributed by atoms with Crippen LogP contribution in [0, 0.1) is 0 Å². The highest BCUT2D eigenvalue weighted by molar-refractivity contribution is 5.59. The van der Waals surface area contributed by atoms with Crippen LogP contribution in [0.1, 0.15) is 11.1 Å². The summed E-state index contributed by atoms with van der Waals surface area (Å²) in [4.78, 5) is 0.